The van der Waals surface area contributed by atoms with Crippen molar-refractivity contribution >= 4 is 12.7 Å². The number of nitrogens with one attached hydrogen (secondary N) is 1. The van der Waals surface area contributed by atoms with Crippen molar-refractivity contribution in [3.05, 3.63) is 12.3 Å². The Bertz CT molecular complexity index is 92.0. The molecule has 0 bridgehead atoms. The second-order valence-electron chi connectivity index (χ2n) is 0.698. The predicted molar refractivity (Wildman–Crippen MR) is 23.7 cm³/mol. The minimum absolute atomic E-state index is 0. The summed E-state index contributed by atoms with van der Waals surface area (Å²) in [5.41, 5.74) is 0. The Morgan fingerprint density at radius 2 is 2.00 bits per heavy atom. The molecule has 0 heterocycles. The number of rotatable bonds is 3. The van der Waals surface area contributed by atoms with E-state index in [4.69, 9.17) is 0 Å². The molecule has 3 nitrogen and oxygen atoms in total. The molecule has 0 atom stereocenters. The van der Waals surface area contributed by atoms with E-state index >= 15 is 0 Å². The Balaban J connectivity index is 0. The van der Waals surface area contributed by atoms with Crippen molar-refractivity contribution in [2.24, 2.45) is 0 Å². The van der Waals surface area contributed by atoms with Gasteiger partial charge >= 0.3 is 16.5 Å². The molecule has 0 spiro atoms. The molecule has 1 amide bonds. The molecule has 0 rings (SSSR count). The van der Waals surface area contributed by atoms with Crippen LogP contribution in [-0.2, 0) is 26.1 Å². The quantitative estimate of drug-likeness (QED) is 0.253. The number of hydrogen-bond acceptors (Lipinski definition) is 2. The van der Waals surface area contributed by atoms with Crippen LogP contribution in [0.2, 0.25) is 0 Å². The molecule has 0 aliphatic heterocycles. The molecule has 8 heavy (non-hydrogen) atoms. The van der Waals surface area contributed by atoms with Gasteiger partial charge < -0.3 is 14.9 Å². The molecule has 0 saturated heterocycles. The molecule has 0 unspecified atom stereocenters. The van der Waals surface area contributed by atoms with E-state index < -0.39 is 0 Å². The van der Waals surface area contributed by atoms with Gasteiger partial charge in [0.1, 0.15) is 0 Å². The van der Waals surface area contributed by atoms with Crippen molar-refractivity contribution in [3.63, 3.8) is 0 Å². The molecule has 4 heteroatoms. The first-order valence-corrected chi connectivity index (χ1v) is 1.57. The molecule has 1 N–H and O–H groups in total. The Morgan fingerprint density at radius 3 is 2.38 bits per heavy atom. The molecular weight excluding hydrogens is 153 g/mol. The van der Waals surface area contributed by atoms with E-state index in [2.05, 4.69) is 0 Å². The van der Waals surface area contributed by atoms with E-state index in [-0.39, 0.29) is 16.5 Å². The van der Waals surface area contributed by atoms with Crippen molar-refractivity contribution in [2.45, 2.75) is 0 Å². The van der Waals surface area contributed by atoms with Crippen molar-refractivity contribution in [1.29, 1.82) is 0 Å². The first kappa shape index (κ1) is 10.4. The van der Waals surface area contributed by atoms with Crippen LogP contribution in [0.3, 0.4) is 0 Å². The van der Waals surface area contributed by atoms with E-state index in [0.717, 1.165) is 12.3 Å². The Labute approximate surface area is 57.1 Å². The Kier molecular flexibility index (Phi) is 12.5. The van der Waals surface area contributed by atoms with E-state index in [9.17, 15) is 9.59 Å². The number of amides is 1. The molecule has 0 aromatic rings. The van der Waals surface area contributed by atoms with Gasteiger partial charge in [-0.15, -0.1) is 0 Å². The average Bonchev–Trinajstić information content (AvgIpc) is 1.69. The van der Waals surface area contributed by atoms with Gasteiger partial charge in [-0.3, -0.25) is 0 Å². The molecule has 0 fully saturated rings. The summed E-state index contributed by atoms with van der Waals surface area (Å²) in [6.45, 7) is 0. The van der Waals surface area contributed by atoms with Crippen LogP contribution >= 0.6 is 0 Å². The van der Waals surface area contributed by atoms with Crippen molar-refractivity contribution in [1.82, 2.24) is 5.32 Å². The first-order chi connectivity index (χ1) is 3.41. The molecule has 0 aromatic carbocycles. The van der Waals surface area contributed by atoms with E-state index in [1.54, 1.807) is 0 Å². The number of allylic oxidation sites excluding steroid dienone is 1. The van der Waals surface area contributed by atoms with Crippen molar-refractivity contribution in [3.8, 4) is 0 Å². The Hall–Kier alpha value is -0.626. The van der Waals surface area contributed by atoms with Gasteiger partial charge in [-0.1, -0.05) is 0 Å². The number of carbonyl (C=O) groups excluding carboxylic acids is 2. The standard InChI is InChI=1S/C4H3NO2.Ni/c6-3-1-2-5-4-7;/h1-2H,(H,5,7);/q-2;+2/b2-1-;. The zero-order chi connectivity index (χ0) is 5.54. The van der Waals surface area contributed by atoms with Gasteiger partial charge in [0.05, 0.1) is 6.41 Å². The third-order valence-electron chi connectivity index (χ3n) is 0.294. The van der Waals surface area contributed by atoms with Crippen LogP contribution in [0.15, 0.2) is 12.3 Å². The second-order valence-corrected chi connectivity index (χ2v) is 0.698. The first-order valence-electron chi connectivity index (χ1n) is 1.57. The van der Waals surface area contributed by atoms with Crippen LogP contribution in [0.1, 0.15) is 0 Å². The fourth-order valence-electron chi connectivity index (χ4n) is 0.110. The fraction of sp³-hybridized carbons (Fsp3) is 0. The van der Waals surface area contributed by atoms with Gasteiger partial charge in [0, 0.05) is 0 Å². The monoisotopic (exact) mass is 155 g/mol. The molecule has 0 saturated carbocycles. The van der Waals surface area contributed by atoms with Crippen molar-refractivity contribution in [2.75, 3.05) is 0 Å². The van der Waals surface area contributed by atoms with Gasteiger partial charge in [0.2, 0.25) is 0 Å². The summed E-state index contributed by atoms with van der Waals surface area (Å²) >= 11 is 0. The topological polar surface area (TPSA) is 46.2 Å². The van der Waals surface area contributed by atoms with Gasteiger partial charge in [-0.2, -0.15) is 12.3 Å². The average molecular weight is 156 g/mol. The van der Waals surface area contributed by atoms with Gasteiger partial charge in [-0.25, -0.2) is 0 Å². The summed E-state index contributed by atoms with van der Waals surface area (Å²) in [4.78, 5) is 18.6. The molecule has 46 valence electrons. The zero-order valence-electron chi connectivity index (χ0n) is 3.79. The Morgan fingerprint density at radius 1 is 1.38 bits per heavy atom. The maximum atomic E-state index is 9.30. The van der Waals surface area contributed by atoms with Gasteiger partial charge in [0.15, 0.2) is 0 Å². The zero-order valence-corrected chi connectivity index (χ0v) is 4.78. The van der Waals surface area contributed by atoms with Gasteiger partial charge in [-0.05, 0) is 6.29 Å². The summed E-state index contributed by atoms with van der Waals surface area (Å²) in [5, 5.41) is 2.00. The SMILES string of the molecule is O=[C-]/C=C\N[C-]=O.[Ni+2]. The van der Waals surface area contributed by atoms with Crippen LogP contribution in [-0.4, -0.2) is 12.7 Å². The molecule has 0 aromatic heterocycles. The second kappa shape index (κ2) is 9.62. The smallest absolute Gasteiger partial charge is 0.497 e. The number of hydrogen-bond donors (Lipinski definition) is 1. The molecule has 0 aliphatic carbocycles. The largest absolute Gasteiger partial charge is 2.00 e. The van der Waals surface area contributed by atoms with E-state index in [0.29, 0.717) is 0 Å². The minimum atomic E-state index is 0. The molecular formula is C4H3NNiO2. The minimum Gasteiger partial charge on any atom is -0.497 e. The van der Waals surface area contributed by atoms with E-state index in [1.807, 2.05) is 5.32 Å². The fourth-order valence-corrected chi connectivity index (χ4v) is 0.110. The summed E-state index contributed by atoms with van der Waals surface area (Å²) in [5.74, 6) is 0. The van der Waals surface area contributed by atoms with Crippen molar-refractivity contribution < 1.29 is 26.1 Å². The van der Waals surface area contributed by atoms with Crippen LogP contribution in [0.4, 0.5) is 0 Å². The summed E-state index contributed by atoms with van der Waals surface area (Å²) in [6, 6.07) is 0. The third kappa shape index (κ3) is 9.03. The summed E-state index contributed by atoms with van der Waals surface area (Å²) in [6.07, 6.45) is 4.94. The van der Waals surface area contributed by atoms with Crippen LogP contribution in [0.5, 0.6) is 0 Å². The third-order valence-corrected chi connectivity index (χ3v) is 0.294. The van der Waals surface area contributed by atoms with Crippen LogP contribution < -0.4 is 5.32 Å². The van der Waals surface area contributed by atoms with Gasteiger partial charge in [0.25, 0.3) is 0 Å². The van der Waals surface area contributed by atoms with Crippen LogP contribution in [0, 0.1) is 0 Å². The van der Waals surface area contributed by atoms with Crippen LogP contribution in [0.25, 0.3) is 0 Å². The predicted octanol–water partition coefficient (Wildman–Crippen LogP) is -0.736. The normalized spacial score (nSPS) is 7.50. The van der Waals surface area contributed by atoms with E-state index in [1.165, 1.54) is 12.7 Å². The summed E-state index contributed by atoms with van der Waals surface area (Å²) in [7, 11) is 0. The maximum Gasteiger partial charge on any atom is 2.00 e. The summed E-state index contributed by atoms with van der Waals surface area (Å²) < 4.78 is 0. The molecule has 0 aliphatic rings. The maximum absolute atomic E-state index is 9.30. The molecule has 0 radical (unpaired) electrons.